The van der Waals surface area contributed by atoms with Gasteiger partial charge in [0.15, 0.2) is 0 Å². The van der Waals surface area contributed by atoms with Gasteiger partial charge in [-0.2, -0.15) is 0 Å². The second-order valence-corrected chi connectivity index (χ2v) is 9.95. The summed E-state index contributed by atoms with van der Waals surface area (Å²) in [5.74, 6) is 0.789. The average Bonchev–Trinajstić information content (AvgIpc) is 3.43. The molecule has 8 heteroatoms. The molecule has 1 aromatic carbocycles. The monoisotopic (exact) mass is 469 g/mol. The minimum absolute atomic E-state index is 0.0151. The van der Waals surface area contributed by atoms with Gasteiger partial charge in [0.25, 0.3) is 5.91 Å². The van der Waals surface area contributed by atoms with E-state index in [1.54, 1.807) is 18.4 Å². The number of nitrogens with one attached hydrogen (secondary N) is 1. The highest BCUT2D eigenvalue weighted by molar-refractivity contribution is 7.09. The van der Waals surface area contributed by atoms with Crippen molar-refractivity contribution in [3.05, 3.63) is 52.2 Å². The van der Waals surface area contributed by atoms with E-state index in [1.165, 1.54) is 9.78 Å². The number of hydrogen-bond acceptors (Lipinski definition) is 5. The zero-order valence-corrected chi connectivity index (χ0v) is 20.0. The average molecular weight is 470 g/mol. The summed E-state index contributed by atoms with van der Waals surface area (Å²) in [6.45, 7) is 3.42. The van der Waals surface area contributed by atoms with Crippen molar-refractivity contribution in [1.29, 1.82) is 0 Å². The summed E-state index contributed by atoms with van der Waals surface area (Å²) in [7, 11) is 1.62. The largest absolute Gasteiger partial charge is 0.497 e. The molecule has 0 bridgehead atoms. The van der Waals surface area contributed by atoms with E-state index in [1.807, 2.05) is 47.5 Å². The summed E-state index contributed by atoms with van der Waals surface area (Å²) < 4.78 is 5.18. The van der Waals surface area contributed by atoms with E-state index in [2.05, 4.69) is 11.4 Å². The SMILES string of the molecule is COc1ccc(CCN2C(=O)NC(C)(C3CCN(C(=O)CCc4cccs4)CC3)C2=O)cc1. The van der Waals surface area contributed by atoms with Crippen LogP contribution in [0.2, 0.25) is 0 Å². The van der Waals surface area contributed by atoms with Crippen LogP contribution in [0.15, 0.2) is 41.8 Å². The number of piperidine rings is 1. The maximum Gasteiger partial charge on any atom is 0.325 e. The molecule has 2 aliphatic rings. The Hall–Kier alpha value is -2.87. The first kappa shape index (κ1) is 23.3. The maximum atomic E-state index is 13.3. The highest BCUT2D eigenvalue weighted by Gasteiger charge is 2.52. The van der Waals surface area contributed by atoms with Crippen molar-refractivity contribution < 1.29 is 19.1 Å². The van der Waals surface area contributed by atoms with E-state index in [0.717, 1.165) is 17.7 Å². The number of amides is 4. The van der Waals surface area contributed by atoms with E-state index in [4.69, 9.17) is 4.74 Å². The number of carbonyl (C=O) groups excluding carboxylic acids is 3. The number of imide groups is 1. The number of aryl methyl sites for hydroxylation is 1. The third-order valence-corrected chi connectivity index (χ3v) is 7.85. The lowest BCUT2D eigenvalue weighted by Gasteiger charge is -2.39. The standard InChI is InChI=1S/C25H31N3O4S/c1-25(19-12-14-27(15-13-19)22(29)10-9-21-4-3-17-33-21)23(30)28(24(31)26-25)16-11-18-5-7-20(32-2)8-6-18/h3-8,17,19H,9-16H2,1-2H3,(H,26,31). The first-order chi connectivity index (χ1) is 15.9. The molecule has 4 rings (SSSR count). The summed E-state index contributed by atoms with van der Waals surface area (Å²) >= 11 is 1.67. The minimum Gasteiger partial charge on any atom is -0.497 e. The van der Waals surface area contributed by atoms with Crippen LogP contribution in [0, 0.1) is 5.92 Å². The lowest BCUT2D eigenvalue weighted by atomic mass is 9.79. The van der Waals surface area contributed by atoms with E-state index < -0.39 is 5.54 Å². The zero-order valence-electron chi connectivity index (χ0n) is 19.2. The Morgan fingerprint density at radius 1 is 1.15 bits per heavy atom. The van der Waals surface area contributed by atoms with Crippen molar-refractivity contribution in [2.45, 2.75) is 44.6 Å². The number of ether oxygens (including phenoxy) is 1. The third-order valence-electron chi connectivity index (χ3n) is 6.91. The van der Waals surface area contributed by atoms with Gasteiger partial charge in [-0.3, -0.25) is 14.5 Å². The number of benzene rings is 1. The Morgan fingerprint density at radius 3 is 2.52 bits per heavy atom. The maximum absolute atomic E-state index is 13.3. The van der Waals surface area contributed by atoms with Crippen LogP contribution in [-0.2, 0) is 22.4 Å². The summed E-state index contributed by atoms with van der Waals surface area (Å²) in [5.41, 5.74) is 0.127. The van der Waals surface area contributed by atoms with E-state index in [-0.39, 0.29) is 23.8 Å². The fourth-order valence-electron chi connectivity index (χ4n) is 4.78. The van der Waals surface area contributed by atoms with E-state index in [9.17, 15) is 14.4 Å². The molecule has 1 aromatic heterocycles. The lowest BCUT2D eigenvalue weighted by molar-refractivity contribution is -0.135. The number of nitrogens with zero attached hydrogens (tertiary/aromatic N) is 2. The summed E-state index contributed by atoms with van der Waals surface area (Å²) in [6, 6.07) is 11.4. The fraction of sp³-hybridized carbons (Fsp3) is 0.480. The van der Waals surface area contributed by atoms with E-state index >= 15 is 0 Å². The Labute approximate surface area is 198 Å². The Kier molecular flexibility index (Phi) is 7.02. The first-order valence-corrected chi connectivity index (χ1v) is 12.4. The summed E-state index contributed by atoms with van der Waals surface area (Å²) in [5, 5.41) is 4.98. The summed E-state index contributed by atoms with van der Waals surface area (Å²) in [6.07, 6.45) is 3.29. The Bertz CT molecular complexity index is 984. The molecule has 7 nitrogen and oxygen atoms in total. The molecule has 4 amide bonds. The number of methoxy groups -OCH3 is 1. The van der Waals surface area contributed by atoms with Gasteiger partial charge in [0.1, 0.15) is 11.3 Å². The molecule has 1 N–H and O–H groups in total. The van der Waals surface area contributed by atoms with Crippen LogP contribution >= 0.6 is 11.3 Å². The number of carbonyl (C=O) groups is 3. The number of likely N-dealkylation sites (tertiary alicyclic amines) is 1. The molecular formula is C25H31N3O4S. The second-order valence-electron chi connectivity index (χ2n) is 8.92. The van der Waals surface area contributed by atoms with Gasteiger partial charge in [-0.15, -0.1) is 11.3 Å². The van der Waals surface area contributed by atoms with Crippen molar-refractivity contribution >= 4 is 29.2 Å². The highest BCUT2D eigenvalue weighted by atomic mass is 32.1. The molecule has 0 aliphatic carbocycles. The normalized spacial score (nSPS) is 21.4. The second kappa shape index (κ2) is 9.95. The highest BCUT2D eigenvalue weighted by Crippen LogP contribution is 2.33. The van der Waals surface area contributed by atoms with Crippen molar-refractivity contribution in [2.75, 3.05) is 26.7 Å². The van der Waals surface area contributed by atoms with Crippen LogP contribution in [-0.4, -0.2) is 59.9 Å². The number of thiophene rings is 1. The molecule has 0 spiro atoms. The predicted octanol–water partition coefficient (Wildman–Crippen LogP) is 3.48. The molecule has 2 aromatic rings. The molecule has 0 radical (unpaired) electrons. The van der Waals surface area contributed by atoms with Gasteiger partial charge in [0.2, 0.25) is 5.91 Å². The molecular weight excluding hydrogens is 438 g/mol. The molecule has 0 saturated carbocycles. The molecule has 176 valence electrons. The molecule has 33 heavy (non-hydrogen) atoms. The van der Waals surface area contributed by atoms with Gasteiger partial charge >= 0.3 is 6.03 Å². The van der Waals surface area contributed by atoms with Gasteiger partial charge in [-0.25, -0.2) is 4.79 Å². The van der Waals surface area contributed by atoms with Crippen LogP contribution in [0.5, 0.6) is 5.75 Å². The molecule has 2 aliphatic heterocycles. The quantitative estimate of drug-likeness (QED) is 0.601. The Morgan fingerprint density at radius 2 is 1.88 bits per heavy atom. The van der Waals surface area contributed by atoms with Gasteiger partial charge in [-0.1, -0.05) is 18.2 Å². The first-order valence-electron chi connectivity index (χ1n) is 11.5. The minimum atomic E-state index is -0.914. The topological polar surface area (TPSA) is 79.0 Å². The van der Waals surface area contributed by atoms with Gasteiger partial charge in [0, 0.05) is 30.9 Å². The number of urea groups is 1. The van der Waals surface area contributed by atoms with Crippen LogP contribution < -0.4 is 10.1 Å². The number of rotatable bonds is 8. The molecule has 2 fully saturated rings. The smallest absolute Gasteiger partial charge is 0.325 e. The molecule has 2 saturated heterocycles. The van der Waals surface area contributed by atoms with Crippen molar-refractivity contribution in [3.8, 4) is 5.75 Å². The van der Waals surface area contributed by atoms with E-state index in [0.29, 0.717) is 45.3 Å². The van der Waals surface area contributed by atoms with Gasteiger partial charge in [0.05, 0.1) is 7.11 Å². The van der Waals surface area contributed by atoms with Crippen molar-refractivity contribution in [1.82, 2.24) is 15.1 Å². The lowest BCUT2D eigenvalue weighted by Crippen LogP contribution is -2.54. The Balaban J connectivity index is 1.30. The molecule has 1 atom stereocenters. The van der Waals surface area contributed by atoms with Crippen LogP contribution in [0.4, 0.5) is 4.79 Å². The van der Waals surface area contributed by atoms with Crippen molar-refractivity contribution in [2.24, 2.45) is 5.92 Å². The fourth-order valence-corrected chi connectivity index (χ4v) is 5.49. The number of hydrogen-bond donors (Lipinski definition) is 1. The predicted molar refractivity (Wildman–Crippen MR) is 127 cm³/mol. The van der Waals surface area contributed by atoms with Gasteiger partial charge in [-0.05, 0) is 67.7 Å². The zero-order chi connectivity index (χ0) is 23.4. The summed E-state index contributed by atoms with van der Waals surface area (Å²) in [4.78, 5) is 43.0. The van der Waals surface area contributed by atoms with Gasteiger partial charge < -0.3 is 15.0 Å². The third kappa shape index (κ3) is 5.05. The molecule has 1 unspecified atom stereocenters. The van der Waals surface area contributed by atoms with Crippen molar-refractivity contribution in [3.63, 3.8) is 0 Å². The van der Waals surface area contributed by atoms with Crippen LogP contribution in [0.25, 0.3) is 0 Å². The molecule has 3 heterocycles. The van der Waals surface area contributed by atoms with Crippen LogP contribution in [0.1, 0.15) is 36.6 Å². The van der Waals surface area contributed by atoms with Crippen LogP contribution in [0.3, 0.4) is 0 Å².